The molecular weight excluding hydrogens is 409 g/mol. The first-order chi connectivity index (χ1) is 13.2. The summed E-state index contributed by atoms with van der Waals surface area (Å²) in [7, 11) is -3.44. The van der Waals surface area contributed by atoms with Crippen molar-refractivity contribution in [2.75, 3.05) is 20.8 Å². The van der Waals surface area contributed by atoms with Crippen LogP contribution in [-0.4, -0.2) is 65.5 Å². The van der Waals surface area contributed by atoms with E-state index >= 15 is 0 Å². The fraction of sp³-hybridized carbons (Fsp3) is 0.625. The Hall–Kier alpha value is -1.28. The number of benzene rings is 1. The van der Waals surface area contributed by atoms with Crippen molar-refractivity contribution in [1.82, 2.24) is 0 Å². The highest BCUT2D eigenvalue weighted by atomic mass is 32.2. The molecule has 2 saturated heterocycles. The van der Waals surface area contributed by atoms with E-state index in [4.69, 9.17) is 23.7 Å². The fourth-order valence-corrected chi connectivity index (χ4v) is 3.61. The first kappa shape index (κ1) is 21.4. The van der Waals surface area contributed by atoms with Gasteiger partial charge in [0.15, 0.2) is 6.29 Å². The van der Waals surface area contributed by atoms with E-state index in [1.165, 1.54) is 14.2 Å². The largest absolute Gasteiger partial charge is 0.523 e. The van der Waals surface area contributed by atoms with E-state index < -0.39 is 52.6 Å². The number of ether oxygens (including phenoxy) is 5. The molecule has 28 heavy (non-hydrogen) atoms. The van der Waals surface area contributed by atoms with Crippen molar-refractivity contribution in [2.45, 2.75) is 42.5 Å². The lowest BCUT2D eigenvalue weighted by Gasteiger charge is -2.47. The third-order valence-electron chi connectivity index (χ3n) is 4.40. The monoisotopic (exact) mass is 428 g/mol. The molecule has 12 heteroatoms. The summed E-state index contributed by atoms with van der Waals surface area (Å²) in [6.07, 6.45) is -6.61. The van der Waals surface area contributed by atoms with Crippen LogP contribution in [-0.2, 0) is 38.0 Å². The number of alkyl halides is 3. The van der Waals surface area contributed by atoms with Crippen molar-refractivity contribution in [2.24, 2.45) is 0 Å². The maximum atomic E-state index is 12.7. The van der Waals surface area contributed by atoms with Gasteiger partial charge in [-0.1, -0.05) is 30.3 Å². The van der Waals surface area contributed by atoms with Gasteiger partial charge in [-0.3, -0.25) is 0 Å². The van der Waals surface area contributed by atoms with Crippen LogP contribution in [0.2, 0.25) is 0 Å². The van der Waals surface area contributed by atoms with E-state index in [9.17, 15) is 21.6 Å². The van der Waals surface area contributed by atoms with Gasteiger partial charge in [0.25, 0.3) is 0 Å². The lowest BCUT2D eigenvalue weighted by Crippen LogP contribution is -2.63. The van der Waals surface area contributed by atoms with Crippen LogP contribution in [0.5, 0.6) is 0 Å². The number of hydrogen-bond donors (Lipinski definition) is 0. The minimum Gasteiger partial charge on any atom is -0.376 e. The zero-order valence-electron chi connectivity index (χ0n) is 14.9. The van der Waals surface area contributed by atoms with Crippen molar-refractivity contribution in [1.29, 1.82) is 0 Å². The summed E-state index contributed by atoms with van der Waals surface area (Å²) < 4.78 is 92.4. The molecule has 0 aliphatic carbocycles. The molecule has 2 aliphatic rings. The average molecular weight is 428 g/mol. The Kier molecular flexibility index (Phi) is 6.29. The lowest BCUT2D eigenvalue weighted by molar-refractivity contribution is -0.355. The molecule has 0 saturated carbocycles. The molecule has 3 rings (SSSR count). The van der Waals surface area contributed by atoms with E-state index in [1.54, 1.807) is 24.3 Å². The molecule has 1 aromatic rings. The standard InChI is InChI=1S/C16H19F3O8S/c1-22-12-11-10(8-24-14(26-11)9-6-4-3-5-7-9)25-15(13(12)23-2)27-28(20,21)16(17,18)19/h3-7,10-15H,8H2,1-2H3/t10-,11-,12+,13-,14?,15+/m1/s1. The highest BCUT2D eigenvalue weighted by Crippen LogP contribution is 2.37. The molecule has 8 nitrogen and oxygen atoms in total. The minimum atomic E-state index is -5.91. The summed E-state index contributed by atoms with van der Waals surface area (Å²) in [4.78, 5) is 0. The van der Waals surface area contributed by atoms with Crippen molar-refractivity contribution < 1.29 is 49.5 Å². The second kappa shape index (κ2) is 8.22. The molecule has 0 radical (unpaired) electrons. The van der Waals surface area contributed by atoms with Crippen LogP contribution in [0.4, 0.5) is 13.2 Å². The smallest absolute Gasteiger partial charge is 0.376 e. The van der Waals surface area contributed by atoms with Crippen molar-refractivity contribution in [3.8, 4) is 0 Å². The number of rotatable bonds is 5. The van der Waals surface area contributed by atoms with Gasteiger partial charge >= 0.3 is 15.6 Å². The second-order valence-electron chi connectivity index (χ2n) is 6.12. The summed E-state index contributed by atoms with van der Waals surface area (Å²) in [5.74, 6) is 0. The summed E-state index contributed by atoms with van der Waals surface area (Å²) in [6, 6.07) is 8.98. The molecule has 0 bridgehead atoms. The molecule has 158 valence electrons. The normalized spacial score (nSPS) is 34.0. The second-order valence-corrected chi connectivity index (χ2v) is 7.68. The van der Waals surface area contributed by atoms with Gasteiger partial charge in [-0.15, -0.1) is 0 Å². The number of halogens is 3. The summed E-state index contributed by atoms with van der Waals surface area (Å²) in [5.41, 5.74) is -4.88. The zero-order valence-corrected chi connectivity index (χ0v) is 15.7. The third kappa shape index (κ3) is 4.17. The number of methoxy groups -OCH3 is 2. The molecule has 0 spiro atoms. The van der Waals surface area contributed by atoms with Gasteiger partial charge in [-0.25, -0.2) is 4.18 Å². The highest BCUT2D eigenvalue weighted by molar-refractivity contribution is 7.87. The molecule has 2 fully saturated rings. The molecule has 1 unspecified atom stereocenters. The molecule has 1 aromatic carbocycles. The topological polar surface area (TPSA) is 89.5 Å². The molecule has 2 heterocycles. The Morgan fingerprint density at radius 3 is 2.25 bits per heavy atom. The van der Waals surface area contributed by atoms with Crippen LogP contribution in [0.15, 0.2) is 30.3 Å². The molecule has 2 aliphatic heterocycles. The van der Waals surface area contributed by atoms with E-state index in [-0.39, 0.29) is 6.61 Å². The predicted molar refractivity (Wildman–Crippen MR) is 86.3 cm³/mol. The summed E-state index contributed by atoms with van der Waals surface area (Å²) in [5, 5.41) is 0. The third-order valence-corrected chi connectivity index (χ3v) is 5.41. The minimum absolute atomic E-state index is 0.0769. The van der Waals surface area contributed by atoms with Gasteiger partial charge in [-0.2, -0.15) is 21.6 Å². The number of hydrogen-bond acceptors (Lipinski definition) is 8. The quantitative estimate of drug-likeness (QED) is 0.518. The Balaban J connectivity index is 1.81. The summed E-state index contributed by atoms with van der Waals surface area (Å²) in [6.45, 7) is -0.0769. The van der Waals surface area contributed by atoms with Gasteiger partial charge in [0, 0.05) is 19.8 Å². The van der Waals surface area contributed by atoms with Crippen molar-refractivity contribution >= 4 is 10.1 Å². The molecule has 0 N–H and O–H groups in total. The highest BCUT2D eigenvalue weighted by Gasteiger charge is 2.56. The van der Waals surface area contributed by atoms with Gasteiger partial charge in [-0.05, 0) is 0 Å². The SMILES string of the molecule is CO[C@@H]1[C@@H](OC)[C@H](OS(=O)(=O)C(F)(F)F)O[C@@H]2COC(c3ccccc3)O[C@@H]12. The van der Waals surface area contributed by atoms with Crippen LogP contribution in [0.3, 0.4) is 0 Å². The molecule has 6 atom stereocenters. The van der Waals surface area contributed by atoms with Gasteiger partial charge in [0.2, 0.25) is 6.29 Å². The maximum absolute atomic E-state index is 12.7. The van der Waals surface area contributed by atoms with E-state index in [0.29, 0.717) is 0 Å². The molecule has 0 amide bonds. The van der Waals surface area contributed by atoms with Crippen LogP contribution < -0.4 is 0 Å². The fourth-order valence-electron chi connectivity index (χ4n) is 3.10. The average Bonchev–Trinajstić information content (AvgIpc) is 2.66. The van der Waals surface area contributed by atoms with Gasteiger partial charge in [0.1, 0.15) is 24.4 Å². The lowest BCUT2D eigenvalue weighted by atomic mass is 9.97. The first-order valence-electron chi connectivity index (χ1n) is 8.20. The van der Waals surface area contributed by atoms with Crippen molar-refractivity contribution in [3.05, 3.63) is 35.9 Å². The Morgan fingerprint density at radius 2 is 1.68 bits per heavy atom. The van der Waals surface area contributed by atoms with E-state index in [2.05, 4.69) is 4.18 Å². The Bertz CT molecular complexity index is 757. The van der Waals surface area contributed by atoms with Gasteiger partial charge < -0.3 is 23.7 Å². The molecular formula is C16H19F3O8S. The van der Waals surface area contributed by atoms with Gasteiger partial charge in [0.05, 0.1) is 6.61 Å². The van der Waals surface area contributed by atoms with Crippen LogP contribution >= 0.6 is 0 Å². The molecule has 0 aromatic heterocycles. The van der Waals surface area contributed by atoms with Crippen LogP contribution in [0, 0.1) is 0 Å². The van der Waals surface area contributed by atoms with Crippen LogP contribution in [0.1, 0.15) is 11.9 Å². The van der Waals surface area contributed by atoms with Crippen LogP contribution in [0.25, 0.3) is 0 Å². The number of fused-ring (bicyclic) bond motifs is 1. The zero-order chi connectivity index (χ0) is 20.5. The predicted octanol–water partition coefficient (Wildman–Crippen LogP) is 1.72. The maximum Gasteiger partial charge on any atom is 0.523 e. The van der Waals surface area contributed by atoms with E-state index in [1.807, 2.05) is 6.07 Å². The summed E-state index contributed by atoms with van der Waals surface area (Å²) >= 11 is 0. The Morgan fingerprint density at radius 1 is 1.04 bits per heavy atom. The Labute approximate surface area is 159 Å². The van der Waals surface area contributed by atoms with Crippen molar-refractivity contribution in [3.63, 3.8) is 0 Å². The van der Waals surface area contributed by atoms with E-state index in [0.717, 1.165) is 5.56 Å². The first-order valence-corrected chi connectivity index (χ1v) is 9.61.